The molecule has 1 aromatic carbocycles. The first-order chi connectivity index (χ1) is 8.49. The molecule has 0 radical (unpaired) electrons. The molecule has 0 spiro atoms. The van der Waals surface area contributed by atoms with Gasteiger partial charge in [0.05, 0.1) is 4.47 Å². The molecule has 2 rings (SSSR count). The third-order valence-corrected chi connectivity index (χ3v) is 4.63. The van der Waals surface area contributed by atoms with Gasteiger partial charge in [0.2, 0.25) is 0 Å². The zero-order chi connectivity index (χ0) is 13.3. The maximum Gasteiger partial charge on any atom is 0.137 e. The Morgan fingerprint density at radius 2 is 2.22 bits per heavy atom. The minimum Gasteiger partial charge on any atom is -0.326 e. The maximum absolute atomic E-state index is 13.2. The van der Waals surface area contributed by atoms with Crippen LogP contribution >= 0.6 is 15.9 Å². The van der Waals surface area contributed by atoms with Crippen LogP contribution in [0.25, 0.3) is 0 Å². The second-order valence-electron chi connectivity index (χ2n) is 5.27. The topological polar surface area (TPSA) is 29.3 Å². The normalized spacial score (nSPS) is 27.2. The average molecular weight is 315 g/mol. The number of piperidine rings is 1. The number of rotatable bonds is 2. The zero-order valence-corrected chi connectivity index (χ0v) is 12.5. The lowest BCUT2D eigenvalue weighted by Gasteiger charge is -2.38. The van der Waals surface area contributed by atoms with Gasteiger partial charge in [-0.05, 0) is 59.4 Å². The largest absolute Gasteiger partial charge is 0.326 e. The van der Waals surface area contributed by atoms with E-state index in [2.05, 4.69) is 34.7 Å². The Hall–Kier alpha value is -0.450. The quantitative estimate of drug-likeness (QED) is 0.907. The van der Waals surface area contributed by atoms with E-state index in [1.54, 1.807) is 0 Å². The SMILES string of the molecule is CC1CCN(C(C)c2ccc(F)c(Br)c2)CC1N. The van der Waals surface area contributed by atoms with E-state index in [0.29, 0.717) is 10.4 Å². The van der Waals surface area contributed by atoms with Crippen LogP contribution in [0, 0.1) is 11.7 Å². The molecule has 0 amide bonds. The van der Waals surface area contributed by atoms with Crippen molar-refractivity contribution >= 4 is 15.9 Å². The summed E-state index contributed by atoms with van der Waals surface area (Å²) in [6.45, 7) is 6.34. The van der Waals surface area contributed by atoms with E-state index in [-0.39, 0.29) is 17.9 Å². The Balaban J connectivity index is 2.11. The second-order valence-corrected chi connectivity index (χ2v) is 6.13. The predicted octanol–water partition coefficient (Wildman–Crippen LogP) is 3.32. The van der Waals surface area contributed by atoms with Crippen molar-refractivity contribution in [3.8, 4) is 0 Å². The number of hydrogen-bond acceptors (Lipinski definition) is 2. The van der Waals surface area contributed by atoms with E-state index >= 15 is 0 Å². The first-order valence-electron chi connectivity index (χ1n) is 6.43. The van der Waals surface area contributed by atoms with Crippen LogP contribution in [0.5, 0.6) is 0 Å². The molecule has 1 aromatic rings. The second kappa shape index (κ2) is 5.68. The molecule has 0 aliphatic carbocycles. The lowest BCUT2D eigenvalue weighted by Crippen LogP contribution is -2.48. The fourth-order valence-corrected chi connectivity index (χ4v) is 2.86. The minimum atomic E-state index is -0.213. The van der Waals surface area contributed by atoms with Gasteiger partial charge in [-0.15, -0.1) is 0 Å². The van der Waals surface area contributed by atoms with Gasteiger partial charge in [0.1, 0.15) is 5.82 Å². The summed E-state index contributed by atoms with van der Waals surface area (Å²) >= 11 is 3.24. The molecule has 1 saturated heterocycles. The van der Waals surface area contributed by atoms with Gasteiger partial charge in [-0.2, -0.15) is 0 Å². The Morgan fingerprint density at radius 3 is 2.83 bits per heavy atom. The standard InChI is InChI=1S/C14H20BrFN2/c1-9-5-6-18(8-14(9)17)10(2)11-3-4-13(16)12(15)7-11/h3-4,7,9-10,14H,5-6,8,17H2,1-2H3. The van der Waals surface area contributed by atoms with E-state index in [4.69, 9.17) is 5.73 Å². The van der Waals surface area contributed by atoms with Crippen LogP contribution in [0.1, 0.15) is 31.9 Å². The van der Waals surface area contributed by atoms with Crippen LogP contribution in [-0.4, -0.2) is 24.0 Å². The molecule has 0 aromatic heterocycles. The molecule has 18 heavy (non-hydrogen) atoms. The highest BCUT2D eigenvalue weighted by atomic mass is 79.9. The number of nitrogens with zero attached hydrogens (tertiary/aromatic N) is 1. The summed E-state index contributed by atoms with van der Waals surface area (Å²) in [5.41, 5.74) is 7.26. The number of benzene rings is 1. The number of hydrogen-bond donors (Lipinski definition) is 1. The molecular weight excluding hydrogens is 295 g/mol. The van der Waals surface area contributed by atoms with Gasteiger partial charge in [0.25, 0.3) is 0 Å². The number of nitrogens with two attached hydrogens (primary N) is 1. The van der Waals surface area contributed by atoms with E-state index < -0.39 is 0 Å². The Labute approximate surface area is 116 Å². The Kier molecular flexibility index (Phi) is 4.41. The summed E-state index contributed by atoms with van der Waals surface area (Å²) in [6.07, 6.45) is 1.13. The third-order valence-electron chi connectivity index (χ3n) is 4.02. The van der Waals surface area contributed by atoms with Crippen molar-refractivity contribution in [2.75, 3.05) is 13.1 Å². The summed E-state index contributed by atoms with van der Waals surface area (Å²) in [4.78, 5) is 2.38. The summed E-state index contributed by atoms with van der Waals surface area (Å²) in [5, 5.41) is 0. The van der Waals surface area contributed by atoms with E-state index in [9.17, 15) is 4.39 Å². The summed E-state index contributed by atoms with van der Waals surface area (Å²) in [6, 6.07) is 5.76. The van der Waals surface area contributed by atoms with Crippen LogP contribution in [0.4, 0.5) is 4.39 Å². The molecule has 4 heteroatoms. The zero-order valence-electron chi connectivity index (χ0n) is 10.9. The molecule has 1 heterocycles. The van der Waals surface area contributed by atoms with Crippen molar-refractivity contribution in [3.05, 3.63) is 34.1 Å². The van der Waals surface area contributed by atoms with Gasteiger partial charge >= 0.3 is 0 Å². The molecule has 2 N–H and O–H groups in total. The monoisotopic (exact) mass is 314 g/mol. The molecular formula is C14H20BrFN2. The molecule has 1 fully saturated rings. The van der Waals surface area contributed by atoms with Crippen LogP contribution in [0.2, 0.25) is 0 Å². The van der Waals surface area contributed by atoms with Crippen LogP contribution in [-0.2, 0) is 0 Å². The lowest BCUT2D eigenvalue weighted by molar-refractivity contribution is 0.128. The van der Waals surface area contributed by atoms with Gasteiger partial charge < -0.3 is 5.73 Å². The summed E-state index contributed by atoms with van der Waals surface area (Å²) in [7, 11) is 0. The molecule has 1 aliphatic rings. The highest BCUT2D eigenvalue weighted by molar-refractivity contribution is 9.10. The minimum absolute atomic E-state index is 0.213. The van der Waals surface area contributed by atoms with Crippen molar-refractivity contribution in [2.24, 2.45) is 11.7 Å². The van der Waals surface area contributed by atoms with E-state index in [0.717, 1.165) is 25.1 Å². The Bertz CT molecular complexity index is 424. The van der Waals surface area contributed by atoms with Crippen LogP contribution < -0.4 is 5.73 Å². The van der Waals surface area contributed by atoms with Crippen LogP contribution in [0.3, 0.4) is 0 Å². The van der Waals surface area contributed by atoms with Crippen molar-refractivity contribution < 1.29 is 4.39 Å². The summed E-state index contributed by atoms with van der Waals surface area (Å²) in [5.74, 6) is 0.378. The van der Waals surface area contributed by atoms with Crippen LogP contribution in [0.15, 0.2) is 22.7 Å². The Morgan fingerprint density at radius 1 is 1.50 bits per heavy atom. The van der Waals surface area contributed by atoms with Gasteiger partial charge in [0, 0.05) is 18.6 Å². The van der Waals surface area contributed by atoms with E-state index in [1.165, 1.54) is 6.07 Å². The highest BCUT2D eigenvalue weighted by Gasteiger charge is 2.26. The fraction of sp³-hybridized carbons (Fsp3) is 0.571. The highest BCUT2D eigenvalue weighted by Crippen LogP contribution is 2.28. The fourth-order valence-electron chi connectivity index (χ4n) is 2.46. The molecule has 0 saturated carbocycles. The van der Waals surface area contributed by atoms with Gasteiger partial charge in [-0.3, -0.25) is 4.90 Å². The van der Waals surface area contributed by atoms with Gasteiger partial charge in [-0.1, -0.05) is 13.0 Å². The van der Waals surface area contributed by atoms with Crippen molar-refractivity contribution in [3.63, 3.8) is 0 Å². The lowest BCUT2D eigenvalue weighted by atomic mass is 9.92. The third kappa shape index (κ3) is 2.92. The molecule has 3 atom stereocenters. The average Bonchev–Trinajstić information content (AvgIpc) is 2.35. The maximum atomic E-state index is 13.2. The van der Waals surface area contributed by atoms with Crippen molar-refractivity contribution in [1.82, 2.24) is 4.90 Å². The molecule has 100 valence electrons. The predicted molar refractivity (Wildman–Crippen MR) is 75.8 cm³/mol. The number of likely N-dealkylation sites (tertiary alicyclic amines) is 1. The first kappa shape index (κ1) is 14.0. The van der Waals surface area contributed by atoms with Crippen molar-refractivity contribution in [1.29, 1.82) is 0 Å². The van der Waals surface area contributed by atoms with Crippen molar-refractivity contribution in [2.45, 2.75) is 32.4 Å². The van der Waals surface area contributed by atoms with Gasteiger partial charge in [0.15, 0.2) is 0 Å². The molecule has 3 unspecified atom stereocenters. The van der Waals surface area contributed by atoms with Gasteiger partial charge in [-0.25, -0.2) is 4.39 Å². The molecule has 2 nitrogen and oxygen atoms in total. The molecule has 1 aliphatic heterocycles. The summed E-state index contributed by atoms with van der Waals surface area (Å²) < 4.78 is 13.8. The van der Waals surface area contributed by atoms with E-state index in [1.807, 2.05) is 12.1 Å². The smallest absolute Gasteiger partial charge is 0.137 e. The first-order valence-corrected chi connectivity index (χ1v) is 7.23. The molecule has 0 bridgehead atoms. The number of halogens is 2.